The van der Waals surface area contributed by atoms with Crippen molar-refractivity contribution in [3.05, 3.63) is 65.1 Å². The Morgan fingerprint density at radius 1 is 1.07 bits per heavy atom. The number of hydrogen-bond acceptors (Lipinski definition) is 3. The van der Waals surface area contributed by atoms with Gasteiger partial charge < -0.3 is 5.32 Å². The van der Waals surface area contributed by atoms with Gasteiger partial charge in [-0.15, -0.1) is 0 Å². The summed E-state index contributed by atoms with van der Waals surface area (Å²) in [6.45, 7) is -0.0215. The summed E-state index contributed by atoms with van der Waals surface area (Å²) in [6, 6.07) is 17.5. The van der Waals surface area contributed by atoms with E-state index in [2.05, 4.69) is 15.4 Å². The number of H-pyrrole nitrogens is 1. The smallest absolute Gasteiger partial charge is 0.352 e. The van der Waals surface area contributed by atoms with Crippen LogP contribution in [0.2, 0.25) is 0 Å². The van der Waals surface area contributed by atoms with Gasteiger partial charge in [0.1, 0.15) is 6.54 Å². The van der Waals surface area contributed by atoms with Gasteiger partial charge in [0.05, 0.1) is 21.6 Å². The predicted molar refractivity (Wildman–Crippen MR) is 109 cm³/mol. The Morgan fingerprint density at radius 2 is 1.79 bits per heavy atom. The number of carbonyl (C=O) groups is 1. The molecule has 29 heavy (non-hydrogen) atoms. The maximum absolute atomic E-state index is 13.2. The van der Waals surface area contributed by atoms with Gasteiger partial charge in [0.25, 0.3) is 5.65 Å². The van der Waals surface area contributed by atoms with Crippen LogP contribution < -0.4 is 16.0 Å². The fourth-order valence-electron chi connectivity index (χ4n) is 4.15. The lowest BCUT2D eigenvalue weighted by molar-refractivity contribution is -0.331. The number of fused-ring (bicyclic) bond motifs is 3. The van der Waals surface area contributed by atoms with Gasteiger partial charge in [-0.25, -0.2) is 9.78 Å². The van der Waals surface area contributed by atoms with E-state index < -0.39 is 0 Å². The molecule has 2 aromatic carbocycles. The molecule has 0 aliphatic heterocycles. The van der Waals surface area contributed by atoms with Gasteiger partial charge in [-0.05, 0) is 41.6 Å². The minimum absolute atomic E-state index is 0.0215. The lowest BCUT2D eigenvalue weighted by Crippen LogP contribution is -2.39. The highest BCUT2D eigenvalue weighted by atomic mass is 16.2. The van der Waals surface area contributed by atoms with Crippen molar-refractivity contribution in [1.29, 1.82) is 0 Å². The van der Waals surface area contributed by atoms with Crippen molar-refractivity contribution >= 4 is 22.5 Å². The number of hydrogen-bond donors (Lipinski definition) is 1. The lowest BCUT2D eigenvalue weighted by Gasteiger charge is -2.13. The van der Waals surface area contributed by atoms with E-state index in [0.29, 0.717) is 17.0 Å². The molecule has 1 fully saturated rings. The number of aromatic nitrogens is 4. The topological polar surface area (TPSA) is 82.5 Å². The molecule has 0 radical (unpaired) electrons. The average molecular weight is 388 g/mol. The monoisotopic (exact) mass is 388 g/mol. The number of para-hydroxylation sites is 1. The van der Waals surface area contributed by atoms with Crippen molar-refractivity contribution in [1.82, 2.24) is 19.5 Å². The molecule has 1 aliphatic rings. The molecule has 4 aromatic rings. The molecule has 1 aliphatic carbocycles. The van der Waals surface area contributed by atoms with Gasteiger partial charge in [0.2, 0.25) is 5.91 Å². The first-order chi connectivity index (χ1) is 14.2. The Labute approximate surface area is 167 Å². The number of nitrogens with zero attached hydrogens (tertiary/aromatic N) is 3. The summed E-state index contributed by atoms with van der Waals surface area (Å²) < 4.78 is 2.86. The maximum atomic E-state index is 13.2. The summed E-state index contributed by atoms with van der Waals surface area (Å²) in [5.41, 5.74) is 1.89. The summed E-state index contributed by atoms with van der Waals surface area (Å²) in [4.78, 5) is 29.1. The first-order valence-electron chi connectivity index (χ1n) is 9.99. The third-order valence-electron chi connectivity index (χ3n) is 5.58. The molecule has 146 valence electrons. The standard InChI is InChI=1S/C22H21N5O2/c28-19(23-16-10-4-5-11-16)14-26-18-13-7-6-12-17(18)21-24-20(25-27(21)22(26)29)15-8-2-1-3-9-15/h1-3,6-9,12-13,16H,4-5,10-11,14H2,(H,23,28)/p+1. The Hall–Kier alpha value is -3.48. The Bertz CT molecular complexity index is 1250. The molecule has 0 spiro atoms. The van der Waals surface area contributed by atoms with Crippen molar-refractivity contribution in [3.8, 4) is 11.4 Å². The molecule has 1 saturated carbocycles. The van der Waals surface area contributed by atoms with E-state index in [-0.39, 0.29) is 24.2 Å². The predicted octanol–water partition coefficient (Wildman–Crippen LogP) is 2.19. The fraction of sp³-hybridized carbons (Fsp3) is 0.273. The molecule has 7 nitrogen and oxygen atoms in total. The van der Waals surface area contributed by atoms with Gasteiger partial charge in [0.15, 0.2) is 0 Å². The SMILES string of the molecule is O=C(Cn1c(=O)n2nc(-c3ccccc3)[nH+]c2c2ccccc21)NC1CCCC1. The number of nitrogens with one attached hydrogen (secondary N) is 2. The van der Waals surface area contributed by atoms with Crippen LogP contribution in [0, 0.1) is 0 Å². The van der Waals surface area contributed by atoms with E-state index in [1.54, 1.807) is 0 Å². The highest BCUT2D eigenvalue weighted by molar-refractivity contribution is 5.91. The van der Waals surface area contributed by atoms with E-state index in [4.69, 9.17) is 0 Å². The lowest BCUT2D eigenvalue weighted by atomic mass is 10.2. The largest absolute Gasteiger partial charge is 0.424 e. The third-order valence-corrected chi connectivity index (χ3v) is 5.58. The van der Waals surface area contributed by atoms with Crippen LogP contribution in [0.5, 0.6) is 0 Å². The van der Waals surface area contributed by atoms with Crippen LogP contribution in [0.3, 0.4) is 0 Å². The zero-order valence-corrected chi connectivity index (χ0v) is 16.0. The van der Waals surface area contributed by atoms with Crippen LogP contribution in [0.4, 0.5) is 0 Å². The van der Waals surface area contributed by atoms with Gasteiger partial charge in [-0.2, -0.15) is 0 Å². The summed E-state index contributed by atoms with van der Waals surface area (Å²) in [7, 11) is 0. The molecular weight excluding hydrogens is 366 g/mol. The molecule has 2 aromatic heterocycles. The number of rotatable bonds is 4. The van der Waals surface area contributed by atoms with Crippen molar-refractivity contribution in [2.75, 3.05) is 0 Å². The van der Waals surface area contributed by atoms with E-state index in [1.807, 2.05) is 54.6 Å². The molecule has 2 heterocycles. The van der Waals surface area contributed by atoms with Crippen LogP contribution in [-0.2, 0) is 11.3 Å². The van der Waals surface area contributed by atoms with E-state index in [9.17, 15) is 9.59 Å². The molecule has 1 amide bonds. The first-order valence-corrected chi connectivity index (χ1v) is 9.99. The molecule has 5 rings (SSSR count). The highest BCUT2D eigenvalue weighted by Gasteiger charge is 2.24. The van der Waals surface area contributed by atoms with Crippen LogP contribution in [0.25, 0.3) is 27.9 Å². The van der Waals surface area contributed by atoms with E-state index in [0.717, 1.165) is 36.6 Å². The van der Waals surface area contributed by atoms with Crippen molar-refractivity contribution in [2.45, 2.75) is 38.3 Å². The summed E-state index contributed by atoms with van der Waals surface area (Å²) >= 11 is 0. The molecule has 0 unspecified atom stereocenters. The van der Waals surface area contributed by atoms with E-state index >= 15 is 0 Å². The quantitative estimate of drug-likeness (QED) is 0.582. The first kappa shape index (κ1) is 17.6. The zero-order chi connectivity index (χ0) is 19.8. The molecular formula is C22H22N5O2+. The van der Waals surface area contributed by atoms with Crippen molar-refractivity contribution < 1.29 is 9.78 Å². The van der Waals surface area contributed by atoms with Crippen LogP contribution in [0.15, 0.2) is 59.4 Å². The van der Waals surface area contributed by atoms with Gasteiger partial charge in [-0.1, -0.05) is 43.2 Å². The number of aromatic amines is 1. The normalized spacial score (nSPS) is 14.6. The molecule has 0 bridgehead atoms. The Morgan fingerprint density at radius 3 is 2.59 bits per heavy atom. The number of amides is 1. The van der Waals surface area contributed by atoms with Crippen molar-refractivity contribution in [3.63, 3.8) is 0 Å². The van der Waals surface area contributed by atoms with Gasteiger partial charge in [0, 0.05) is 6.04 Å². The minimum Gasteiger partial charge on any atom is -0.352 e. The molecule has 7 heteroatoms. The third kappa shape index (κ3) is 3.18. The maximum Gasteiger partial charge on any atom is 0.424 e. The number of carbonyl (C=O) groups excluding carboxylic acids is 1. The molecule has 0 atom stereocenters. The van der Waals surface area contributed by atoms with Crippen LogP contribution in [0.1, 0.15) is 25.7 Å². The second-order valence-electron chi connectivity index (χ2n) is 7.53. The zero-order valence-electron chi connectivity index (χ0n) is 16.0. The number of benzene rings is 2. The second kappa shape index (κ2) is 7.16. The van der Waals surface area contributed by atoms with Crippen LogP contribution in [-0.4, -0.2) is 26.1 Å². The summed E-state index contributed by atoms with van der Waals surface area (Å²) in [5.74, 6) is 0.476. The summed E-state index contributed by atoms with van der Waals surface area (Å²) in [5, 5.41) is 8.41. The van der Waals surface area contributed by atoms with E-state index in [1.165, 1.54) is 9.08 Å². The van der Waals surface area contributed by atoms with Gasteiger partial charge >= 0.3 is 11.5 Å². The average Bonchev–Trinajstić information content (AvgIpc) is 3.42. The molecule has 0 saturated heterocycles. The Kier molecular flexibility index (Phi) is 4.35. The van der Waals surface area contributed by atoms with Crippen molar-refractivity contribution in [2.24, 2.45) is 0 Å². The molecule has 2 N–H and O–H groups in total. The fourth-order valence-corrected chi connectivity index (χ4v) is 4.15. The minimum atomic E-state index is -0.335. The summed E-state index contributed by atoms with van der Waals surface area (Å²) in [6.07, 6.45) is 4.31. The second-order valence-corrected chi connectivity index (χ2v) is 7.53. The Balaban J connectivity index is 1.62. The van der Waals surface area contributed by atoms with Crippen LogP contribution >= 0.6 is 0 Å². The van der Waals surface area contributed by atoms with Gasteiger partial charge in [-0.3, -0.25) is 9.36 Å². The highest BCUT2D eigenvalue weighted by Crippen LogP contribution is 2.19.